The van der Waals surface area contributed by atoms with Crippen LogP contribution in [-0.4, -0.2) is 5.11 Å². The smallest absolute Gasteiger partial charge is 0.127 e. The van der Waals surface area contributed by atoms with Crippen LogP contribution in [0.15, 0.2) is 113 Å². The number of hydrogen-bond donors (Lipinski definition) is 1. The van der Waals surface area contributed by atoms with E-state index in [-0.39, 0.29) is 0 Å². The minimum atomic E-state index is 0.330. The van der Waals surface area contributed by atoms with Crippen molar-refractivity contribution in [3.05, 3.63) is 114 Å². The van der Waals surface area contributed by atoms with Crippen molar-refractivity contribution in [2.24, 2.45) is 0 Å². The highest BCUT2D eigenvalue weighted by molar-refractivity contribution is 7.99. The van der Waals surface area contributed by atoms with Crippen molar-refractivity contribution in [1.29, 1.82) is 0 Å². The van der Waals surface area contributed by atoms with Crippen molar-refractivity contribution in [3.63, 3.8) is 0 Å². The molecule has 0 atom stereocenters. The molecule has 2 nitrogen and oxygen atoms in total. The van der Waals surface area contributed by atoms with Gasteiger partial charge in [0.1, 0.15) is 17.2 Å². The summed E-state index contributed by atoms with van der Waals surface area (Å²) in [6, 6.07) is 33.8. The molecule has 0 bridgehead atoms. The van der Waals surface area contributed by atoms with E-state index in [0.717, 1.165) is 22.6 Å². The van der Waals surface area contributed by atoms with Gasteiger partial charge in [0.2, 0.25) is 0 Å². The van der Waals surface area contributed by atoms with E-state index in [1.165, 1.54) is 9.79 Å². The molecule has 0 radical (unpaired) electrons. The summed E-state index contributed by atoms with van der Waals surface area (Å²) in [6.45, 7) is 0. The second-order valence-electron chi connectivity index (χ2n) is 6.44. The molecule has 3 heteroatoms. The molecule has 0 saturated heterocycles. The topological polar surface area (TPSA) is 29.5 Å². The Kier molecular flexibility index (Phi) is 5.64. The van der Waals surface area contributed by atoms with Crippen LogP contribution in [-0.2, 0) is 6.42 Å². The van der Waals surface area contributed by atoms with Crippen LogP contribution in [0.2, 0.25) is 0 Å². The third-order valence-electron chi connectivity index (χ3n) is 4.35. The maximum absolute atomic E-state index is 9.91. The van der Waals surface area contributed by atoms with Crippen LogP contribution in [0.1, 0.15) is 11.1 Å². The van der Waals surface area contributed by atoms with Gasteiger partial charge in [0.15, 0.2) is 0 Å². The Morgan fingerprint density at radius 1 is 0.607 bits per heavy atom. The molecule has 0 aliphatic carbocycles. The summed E-state index contributed by atoms with van der Waals surface area (Å²) in [5.74, 6) is 1.94. The SMILES string of the molecule is Oc1ccccc1Cc1ccc(Oc2ccc(Sc3ccccc3)cc2)cc1. The van der Waals surface area contributed by atoms with Crippen LogP contribution in [0.3, 0.4) is 0 Å². The molecule has 0 aliphatic rings. The summed E-state index contributed by atoms with van der Waals surface area (Å²) >= 11 is 1.73. The van der Waals surface area contributed by atoms with Crippen LogP contribution >= 0.6 is 11.8 Å². The van der Waals surface area contributed by atoms with Gasteiger partial charge in [0, 0.05) is 16.2 Å². The van der Waals surface area contributed by atoms with E-state index < -0.39 is 0 Å². The first kappa shape index (κ1) is 18.2. The number of rotatable bonds is 6. The average Bonchev–Trinajstić information content (AvgIpc) is 2.73. The molecular weight excluding hydrogens is 364 g/mol. The summed E-state index contributed by atoms with van der Waals surface area (Å²) in [4.78, 5) is 2.40. The third kappa shape index (κ3) is 4.76. The van der Waals surface area contributed by atoms with Crippen molar-refractivity contribution < 1.29 is 9.84 Å². The highest BCUT2D eigenvalue weighted by Crippen LogP contribution is 2.30. The van der Waals surface area contributed by atoms with Crippen LogP contribution in [0.5, 0.6) is 17.2 Å². The first-order valence-electron chi connectivity index (χ1n) is 9.13. The molecular formula is C25H20O2S. The molecule has 0 fully saturated rings. The highest BCUT2D eigenvalue weighted by atomic mass is 32.2. The molecule has 28 heavy (non-hydrogen) atoms. The zero-order valence-electron chi connectivity index (χ0n) is 15.3. The number of phenolic OH excluding ortho intramolecular Hbond substituents is 1. The van der Waals surface area contributed by atoms with Gasteiger partial charge >= 0.3 is 0 Å². The first-order valence-corrected chi connectivity index (χ1v) is 9.94. The van der Waals surface area contributed by atoms with Crippen LogP contribution in [0, 0.1) is 0 Å². The van der Waals surface area contributed by atoms with Crippen molar-refractivity contribution in [1.82, 2.24) is 0 Å². The Labute approximate surface area is 169 Å². The van der Waals surface area contributed by atoms with Gasteiger partial charge in [0.05, 0.1) is 0 Å². The normalized spacial score (nSPS) is 10.6. The largest absolute Gasteiger partial charge is 0.508 e. The Morgan fingerprint density at radius 2 is 1.18 bits per heavy atom. The fourth-order valence-corrected chi connectivity index (χ4v) is 3.73. The lowest BCUT2D eigenvalue weighted by Crippen LogP contribution is -1.89. The summed E-state index contributed by atoms with van der Waals surface area (Å²) in [7, 11) is 0. The molecule has 138 valence electrons. The fourth-order valence-electron chi connectivity index (χ4n) is 2.89. The molecule has 4 aromatic carbocycles. The van der Waals surface area contributed by atoms with Crippen molar-refractivity contribution in [2.45, 2.75) is 16.2 Å². The quantitative estimate of drug-likeness (QED) is 0.391. The van der Waals surface area contributed by atoms with Gasteiger partial charge in [0.25, 0.3) is 0 Å². The number of para-hydroxylation sites is 1. The highest BCUT2D eigenvalue weighted by Gasteiger charge is 2.03. The minimum absolute atomic E-state index is 0.330. The van der Waals surface area contributed by atoms with E-state index in [9.17, 15) is 5.11 Å². The standard InChI is InChI=1S/C25H20O2S/c26-25-9-5-4-6-20(25)18-19-10-12-21(13-11-19)27-22-14-16-24(17-15-22)28-23-7-2-1-3-8-23/h1-17,26H,18H2. The van der Waals surface area contributed by atoms with E-state index in [1.807, 2.05) is 72.8 Å². The Balaban J connectivity index is 1.38. The lowest BCUT2D eigenvalue weighted by molar-refractivity contribution is 0.469. The molecule has 0 unspecified atom stereocenters. The zero-order valence-corrected chi connectivity index (χ0v) is 16.1. The van der Waals surface area contributed by atoms with Gasteiger partial charge < -0.3 is 9.84 Å². The number of hydrogen-bond acceptors (Lipinski definition) is 3. The molecule has 1 N–H and O–H groups in total. The fraction of sp³-hybridized carbons (Fsp3) is 0.0400. The Morgan fingerprint density at radius 3 is 1.86 bits per heavy atom. The molecule has 0 spiro atoms. The lowest BCUT2D eigenvalue weighted by atomic mass is 10.0. The van der Waals surface area contributed by atoms with Gasteiger partial charge in [-0.3, -0.25) is 0 Å². The third-order valence-corrected chi connectivity index (χ3v) is 5.36. The molecule has 0 saturated carbocycles. The molecule has 4 rings (SSSR count). The summed E-state index contributed by atoms with van der Waals surface area (Å²) in [5.41, 5.74) is 2.05. The van der Waals surface area contributed by atoms with Gasteiger partial charge in [-0.05, 0) is 65.7 Å². The monoisotopic (exact) mass is 384 g/mol. The first-order chi connectivity index (χ1) is 13.8. The van der Waals surface area contributed by atoms with E-state index in [4.69, 9.17) is 4.74 Å². The predicted molar refractivity (Wildman–Crippen MR) is 114 cm³/mol. The lowest BCUT2D eigenvalue weighted by Gasteiger charge is -2.09. The Hall–Kier alpha value is -3.17. The maximum atomic E-state index is 9.91. The molecule has 0 amide bonds. The predicted octanol–water partition coefficient (Wildman–Crippen LogP) is 6.93. The van der Waals surface area contributed by atoms with Crippen molar-refractivity contribution in [2.75, 3.05) is 0 Å². The maximum Gasteiger partial charge on any atom is 0.127 e. The zero-order chi connectivity index (χ0) is 19.2. The van der Waals surface area contributed by atoms with Gasteiger partial charge in [-0.2, -0.15) is 0 Å². The van der Waals surface area contributed by atoms with Crippen molar-refractivity contribution >= 4 is 11.8 Å². The molecule has 0 heterocycles. The summed E-state index contributed by atoms with van der Waals surface area (Å²) in [5, 5.41) is 9.91. The molecule has 0 aliphatic heterocycles. The second-order valence-corrected chi connectivity index (χ2v) is 7.58. The minimum Gasteiger partial charge on any atom is -0.508 e. The van der Waals surface area contributed by atoms with E-state index in [2.05, 4.69) is 24.3 Å². The van der Waals surface area contributed by atoms with E-state index in [0.29, 0.717) is 12.2 Å². The Bertz CT molecular complexity index is 1030. The molecule has 0 aromatic heterocycles. The summed E-state index contributed by atoms with van der Waals surface area (Å²) < 4.78 is 5.95. The number of benzene rings is 4. The van der Waals surface area contributed by atoms with Crippen LogP contribution in [0.4, 0.5) is 0 Å². The van der Waals surface area contributed by atoms with Crippen LogP contribution in [0.25, 0.3) is 0 Å². The van der Waals surface area contributed by atoms with E-state index >= 15 is 0 Å². The van der Waals surface area contributed by atoms with Gasteiger partial charge in [-0.25, -0.2) is 0 Å². The van der Waals surface area contributed by atoms with Crippen molar-refractivity contribution in [3.8, 4) is 17.2 Å². The number of phenols is 1. The van der Waals surface area contributed by atoms with Crippen LogP contribution < -0.4 is 4.74 Å². The number of ether oxygens (including phenoxy) is 1. The summed E-state index contributed by atoms with van der Waals surface area (Å²) in [6.07, 6.45) is 0.693. The average molecular weight is 385 g/mol. The van der Waals surface area contributed by atoms with Gasteiger partial charge in [-0.1, -0.05) is 60.3 Å². The number of aromatic hydroxyl groups is 1. The molecule has 4 aromatic rings. The van der Waals surface area contributed by atoms with Gasteiger partial charge in [-0.15, -0.1) is 0 Å². The second kappa shape index (κ2) is 8.68. The van der Waals surface area contributed by atoms with E-state index in [1.54, 1.807) is 17.8 Å².